The van der Waals surface area contributed by atoms with Gasteiger partial charge in [-0.3, -0.25) is 9.78 Å². The Morgan fingerprint density at radius 2 is 1.90 bits per heavy atom. The number of rotatable bonds is 7. The number of nitrogens with zero attached hydrogens (tertiary/aromatic N) is 5. The average Bonchev–Trinajstić information content (AvgIpc) is 3.41. The van der Waals surface area contributed by atoms with Crippen LogP contribution in [0.5, 0.6) is 0 Å². The van der Waals surface area contributed by atoms with Gasteiger partial charge in [-0.05, 0) is 50.2 Å². The maximum absolute atomic E-state index is 13.1. The highest BCUT2D eigenvalue weighted by Gasteiger charge is 2.21. The maximum Gasteiger partial charge on any atom is 0.239 e. The molecule has 158 valence electrons. The van der Waals surface area contributed by atoms with Gasteiger partial charge in [0.2, 0.25) is 5.91 Å². The number of amides is 1. The molecule has 1 atom stereocenters. The predicted molar refractivity (Wildman–Crippen MR) is 120 cm³/mol. The molecule has 1 amide bonds. The van der Waals surface area contributed by atoms with Crippen molar-refractivity contribution in [2.75, 3.05) is 5.32 Å². The molecule has 0 saturated heterocycles. The van der Waals surface area contributed by atoms with Crippen molar-refractivity contribution in [3.8, 4) is 22.6 Å². The van der Waals surface area contributed by atoms with Gasteiger partial charge in [-0.15, -0.1) is 21.5 Å². The van der Waals surface area contributed by atoms with Crippen LogP contribution >= 0.6 is 23.1 Å². The summed E-state index contributed by atoms with van der Waals surface area (Å²) in [6.07, 6.45) is 3.42. The Bertz CT molecular complexity index is 1180. The second kappa shape index (κ2) is 9.36. The number of aromatic nitrogens is 5. The summed E-state index contributed by atoms with van der Waals surface area (Å²) in [5.74, 6) is 0.260. The van der Waals surface area contributed by atoms with Crippen LogP contribution in [0.4, 0.5) is 9.52 Å². The first kappa shape index (κ1) is 21.1. The number of carbonyl (C=O) groups excluding carboxylic acids is 1. The fraction of sp³-hybridized carbons (Fsp3) is 0.190. The van der Waals surface area contributed by atoms with Crippen LogP contribution in [0.15, 0.2) is 59.3 Å². The molecule has 4 rings (SSSR count). The zero-order chi connectivity index (χ0) is 21.8. The highest BCUT2D eigenvalue weighted by atomic mass is 32.2. The lowest BCUT2D eigenvalue weighted by Gasteiger charge is -2.11. The molecule has 0 aliphatic carbocycles. The van der Waals surface area contributed by atoms with Crippen molar-refractivity contribution >= 4 is 34.1 Å². The first-order valence-corrected chi connectivity index (χ1v) is 11.3. The van der Waals surface area contributed by atoms with Gasteiger partial charge in [0.25, 0.3) is 0 Å². The Balaban J connectivity index is 1.44. The molecule has 7 nitrogen and oxygen atoms in total. The fourth-order valence-electron chi connectivity index (χ4n) is 2.88. The molecule has 0 saturated carbocycles. The van der Waals surface area contributed by atoms with Gasteiger partial charge in [0.15, 0.2) is 16.1 Å². The van der Waals surface area contributed by atoms with E-state index in [0.717, 1.165) is 17.0 Å². The summed E-state index contributed by atoms with van der Waals surface area (Å²) in [4.78, 5) is 21.2. The molecule has 1 N–H and O–H groups in total. The number of hydrogen-bond donors (Lipinski definition) is 1. The summed E-state index contributed by atoms with van der Waals surface area (Å²) in [6, 6.07) is 9.84. The lowest BCUT2D eigenvalue weighted by atomic mass is 10.2. The average molecular weight is 455 g/mol. The SMILES string of the molecule is CCn1c(SC(C)C(=O)Nc2nc(-c3ccc(F)cc3)cs2)nnc1-c1ccncc1. The number of thiazole rings is 1. The lowest BCUT2D eigenvalue weighted by Crippen LogP contribution is -2.22. The topological polar surface area (TPSA) is 85.6 Å². The Labute approximate surface area is 186 Å². The van der Waals surface area contributed by atoms with Crippen LogP contribution in [0, 0.1) is 5.82 Å². The molecule has 0 radical (unpaired) electrons. The maximum atomic E-state index is 13.1. The molecule has 0 bridgehead atoms. The van der Waals surface area contributed by atoms with E-state index in [1.807, 2.05) is 35.9 Å². The monoisotopic (exact) mass is 454 g/mol. The molecule has 1 unspecified atom stereocenters. The van der Waals surface area contributed by atoms with E-state index in [-0.39, 0.29) is 11.7 Å². The van der Waals surface area contributed by atoms with Crippen molar-refractivity contribution in [3.63, 3.8) is 0 Å². The fourth-order valence-corrected chi connectivity index (χ4v) is 4.51. The number of nitrogens with one attached hydrogen (secondary N) is 1. The molecule has 0 spiro atoms. The van der Waals surface area contributed by atoms with E-state index in [1.165, 1.54) is 35.2 Å². The van der Waals surface area contributed by atoms with E-state index in [9.17, 15) is 9.18 Å². The summed E-state index contributed by atoms with van der Waals surface area (Å²) >= 11 is 2.66. The minimum atomic E-state index is -0.405. The van der Waals surface area contributed by atoms with Crippen molar-refractivity contribution in [2.45, 2.75) is 30.8 Å². The van der Waals surface area contributed by atoms with E-state index in [0.29, 0.717) is 22.5 Å². The first-order chi connectivity index (χ1) is 15.0. The standard InChI is InChI=1S/C21H19FN6OS2/c1-3-28-18(15-8-10-23-11-9-15)26-27-21(28)31-13(2)19(29)25-20-24-17(12-30-20)14-4-6-16(22)7-5-14/h4-13H,3H2,1-2H3,(H,24,25,29). The Kier molecular flexibility index (Phi) is 6.38. The van der Waals surface area contributed by atoms with Crippen molar-refractivity contribution in [1.29, 1.82) is 0 Å². The molecular weight excluding hydrogens is 435 g/mol. The van der Waals surface area contributed by atoms with Crippen molar-refractivity contribution in [1.82, 2.24) is 24.7 Å². The van der Waals surface area contributed by atoms with Gasteiger partial charge in [0, 0.05) is 35.4 Å². The van der Waals surface area contributed by atoms with Crippen molar-refractivity contribution < 1.29 is 9.18 Å². The Morgan fingerprint density at radius 3 is 2.61 bits per heavy atom. The van der Waals surface area contributed by atoms with Gasteiger partial charge in [-0.2, -0.15) is 0 Å². The van der Waals surface area contributed by atoms with Crippen LogP contribution in [0.1, 0.15) is 13.8 Å². The van der Waals surface area contributed by atoms with Gasteiger partial charge in [0.05, 0.1) is 10.9 Å². The van der Waals surface area contributed by atoms with Gasteiger partial charge in [-0.1, -0.05) is 11.8 Å². The second-order valence-corrected chi connectivity index (χ2v) is 8.75. The summed E-state index contributed by atoms with van der Waals surface area (Å²) in [5.41, 5.74) is 2.40. The number of carbonyl (C=O) groups is 1. The van der Waals surface area contributed by atoms with Gasteiger partial charge >= 0.3 is 0 Å². The van der Waals surface area contributed by atoms with E-state index < -0.39 is 5.25 Å². The number of halogens is 1. The Morgan fingerprint density at radius 1 is 1.16 bits per heavy atom. The molecular formula is C21H19FN6OS2. The third kappa shape index (κ3) is 4.80. The van der Waals surface area contributed by atoms with Gasteiger partial charge < -0.3 is 9.88 Å². The van der Waals surface area contributed by atoms with Crippen LogP contribution in [0.25, 0.3) is 22.6 Å². The number of pyridine rings is 1. The van der Waals surface area contributed by atoms with E-state index in [1.54, 1.807) is 24.5 Å². The molecule has 4 aromatic rings. The first-order valence-electron chi connectivity index (χ1n) is 9.57. The van der Waals surface area contributed by atoms with E-state index in [4.69, 9.17) is 0 Å². The molecule has 31 heavy (non-hydrogen) atoms. The highest BCUT2D eigenvalue weighted by molar-refractivity contribution is 8.00. The Hall–Kier alpha value is -3.11. The van der Waals surface area contributed by atoms with Crippen molar-refractivity contribution in [2.24, 2.45) is 0 Å². The number of thioether (sulfide) groups is 1. The summed E-state index contributed by atoms with van der Waals surface area (Å²) < 4.78 is 15.1. The van der Waals surface area contributed by atoms with E-state index in [2.05, 4.69) is 25.5 Å². The lowest BCUT2D eigenvalue weighted by molar-refractivity contribution is -0.115. The van der Waals surface area contributed by atoms with Crippen molar-refractivity contribution in [3.05, 3.63) is 60.0 Å². The molecule has 3 aromatic heterocycles. The van der Waals surface area contributed by atoms with Crippen LogP contribution in [0.3, 0.4) is 0 Å². The summed E-state index contributed by atoms with van der Waals surface area (Å²) in [7, 11) is 0. The summed E-state index contributed by atoms with van der Waals surface area (Å²) in [5, 5.41) is 14.0. The quantitative estimate of drug-likeness (QED) is 0.406. The van der Waals surface area contributed by atoms with Crippen LogP contribution < -0.4 is 5.32 Å². The number of benzene rings is 1. The molecule has 1 aromatic carbocycles. The third-order valence-corrected chi connectivity index (χ3v) is 6.34. The third-order valence-electron chi connectivity index (χ3n) is 4.50. The predicted octanol–water partition coefficient (Wildman–Crippen LogP) is 4.74. The molecule has 0 aliphatic rings. The van der Waals surface area contributed by atoms with Gasteiger partial charge in [0.1, 0.15) is 5.82 Å². The van der Waals surface area contributed by atoms with Crippen LogP contribution in [0.2, 0.25) is 0 Å². The summed E-state index contributed by atoms with van der Waals surface area (Å²) in [6.45, 7) is 4.50. The minimum Gasteiger partial charge on any atom is -0.302 e. The smallest absolute Gasteiger partial charge is 0.239 e. The normalized spacial score (nSPS) is 12.0. The second-order valence-electron chi connectivity index (χ2n) is 6.58. The molecule has 3 heterocycles. The van der Waals surface area contributed by atoms with Crippen LogP contribution in [-0.2, 0) is 11.3 Å². The molecule has 0 fully saturated rings. The largest absolute Gasteiger partial charge is 0.302 e. The van der Waals surface area contributed by atoms with E-state index >= 15 is 0 Å². The molecule has 10 heteroatoms. The number of anilines is 1. The highest BCUT2D eigenvalue weighted by Crippen LogP contribution is 2.29. The number of hydrogen-bond acceptors (Lipinski definition) is 7. The zero-order valence-electron chi connectivity index (χ0n) is 16.8. The molecule has 0 aliphatic heterocycles. The zero-order valence-corrected chi connectivity index (χ0v) is 18.5. The van der Waals surface area contributed by atoms with Gasteiger partial charge in [-0.25, -0.2) is 9.37 Å². The van der Waals surface area contributed by atoms with Crippen LogP contribution in [-0.4, -0.2) is 35.9 Å². The minimum absolute atomic E-state index is 0.180.